The van der Waals surface area contributed by atoms with Gasteiger partial charge in [-0.25, -0.2) is 9.18 Å². The highest BCUT2D eigenvalue weighted by molar-refractivity contribution is 9.10. The Labute approximate surface area is 157 Å². The summed E-state index contributed by atoms with van der Waals surface area (Å²) in [5.41, 5.74) is 5.30. The first-order valence-corrected chi connectivity index (χ1v) is 8.08. The zero-order valence-corrected chi connectivity index (χ0v) is 14.9. The molecule has 0 fully saturated rings. The summed E-state index contributed by atoms with van der Waals surface area (Å²) in [5.74, 6) is -1.00. The van der Waals surface area contributed by atoms with Crippen molar-refractivity contribution in [3.05, 3.63) is 69.5 Å². The molecule has 0 aromatic heterocycles. The second kappa shape index (κ2) is 8.78. The number of nitriles is 1. The van der Waals surface area contributed by atoms with Crippen LogP contribution < -0.4 is 15.8 Å². The number of hydrogen-bond acceptors (Lipinski definition) is 4. The van der Waals surface area contributed by atoms with Crippen molar-refractivity contribution in [3.63, 3.8) is 0 Å². The Balaban J connectivity index is 2.31. The molecule has 0 aliphatic rings. The number of nitrogens with zero attached hydrogens (tertiary/aromatic N) is 1. The van der Waals surface area contributed by atoms with Crippen molar-refractivity contribution in [2.45, 2.75) is 6.61 Å². The van der Waals surface area contributed by atoms with Gasteiger partial charge in [0.2, 0.25) is 0 Å². The summed E-state index contributed by atoms with van der Waals surface area (Å²) in [6.07, 6.45) is 1.25. The monoisotopic (exact) mass is 417 g/mol. The van der Waals surface area contributed by atoms with E-state index in [1.54, 1.807) is 42.5 Å². The number of amides is 3. The van der Waals surface area contributed by atoms with Crippen molar-refractivity contribution in [1.82, 2.24) is 5.32 Å². The van der Waals surface area contributed by atoms with Crippen LogP contribution in [0.3, 0.4) is 0 Å². The molecule has 6 nitrogen and oxygen atoms in total. The predicted molar refractivity (Wildman–Crippen MR) is 96.2 cm³/mol. The molecule has 0 atom stereocenters. The Hall–Kier alpha value is -3.18. The second-order valence-corrected chi connectivity index (χ2v) is 5.97. The van der Waals surface area contributed by atoms with E-state index in [1.807, 2.05) is 5.32 Å². The van der Waals surface area contributed by atoms with Crippen molar-refractivity contribution in [1.29, 1.82) is 5.26 Å². The van der Waals surface area contributed by atoms with Crippen LogP contribution in [-0.2, 0) is 11.4 Å². The Morgan fingerprint density at radius 3 is 2.69 bits per heavy atom. The molecule has 3 N–H and O–H groups in total. The molecule has 0 unspecified atom stereocenters. The minimum atomic E-state index is -1.07. The number of hydrogen-bond donors (Lipinski definition) is 2. The average molecular weight is 418 g/mol. The minimum absolute atomic E-state index is 0.0372. The van der Waals surface area contributed by atoms with Crippen LogP contribution in [0.15, 0.2) is 52.5 Å². The molecule has 0 saturated carbocycles. The van der Waals surface area contributed by atoms with Crippen LogP contribution >= 0.6 is 15.9 Å². The number of imide groups is 1. The Kier molecular flexibility index (Phi) is 6.47. The zero-order valence-electron chi connectivity index (χ0n) is 13.3. The average Bonchev–Trinajstić information content (AvgIpc) is 2.59. The van der Waals surface area contributed by atoms with E-state index in [0.29, 0.717) is 21.3 Å². The zero-order chi connectivity index (χ0) is 19.1. The summed E-state index contributed by atoms with van der Waals surface area (Å²) < 4.78 is 20.0. The minimum Gasteiger partial charge on any atom is -0.488 e. The second-order valence-electron chi connectivity index (χ2n) is 5.05. The molecule has 0 heterocycles. The van der Waals surface area contributed by atoms with Crippen LogP contribution in [0.25, 0.3) is 6.08 Å². The number of halogens is 2. The summed E-state index contributed by atoms with van der Waals surface area (Å²) >= 11 is 3.29. The molecule has 0 aliphatic heterocycles. The number of rotatable bonds is 5. The third kappa shape index (κ3) is 5.16. The highest BCUT2D eigenvalue weighted by Crippen LogP contribution is 2.26. The number of nitrogens with one attached hydrogen (secondary N) is 1. The number of nitrogens with two attached hydrogens (primary N) is 1. The van der Waals surface area contributed by atoms with Crippen LogP contribution in [-0.4, -0.2) is 11.9 Å². The normalized spacial score (nSPS) is 10.7. The Morgan fingerprint density at radius 1 is 1.31 bits per heavy atom. The summed E-state index contributed by atoms with van der Waals surface area (Å²) in [7, 11) is 0. The van der Waals surface area contributed by atoms with Crippen molar-refractivity contribution in [2.75, 3.05) is 0 Å². The Morgan fingerprint density at radius 2 is 2.04 bits per heavy atom. The molecule has 2 rings (SSSR count). The number of ether oxygens (including phenoxy) is 1. The van der Waals surface area contributed by atoms with E-state index in [0.717, 1.165) is 0 Å². The SMILES string of the molecule is N#C/C(=C/c1cc(Br)ccc1OCc1ccccc1F)C(=O)NC(N)=O. The lowest BCUT2D eigenvalue weighted by molar-refractivity contribution is -0.115. The predicted octanol–water partition coefficient (Wildman–Crippen LogP) is 3.27. The van der Waals surface area contributed by atoms with Crippen LogP contribution in [0.5, 0.6) is 5.75 Å². The number of primary amides is 1. The third-order valence-corrected chi connectivity index (χ3v) is 3.71. The molecule has 0 aliphatic carbocycles. The van der Waals surface area contributed by atoms with Gasteiger partial charge in [-0.1, -0.05) is 34.1 Å². The summed E-state index contributed by atoms with van der Waals surface area (Å²) in [5, 5.41) is 11.0. The lowest BCUT2D eigenvalue weighted by atomic mass is 10.1. The van der Waals surface area contributed by atoms with E-state index in [4.69, 9.17) is 15.7 Å². The van der Waals surface area contributed by atoms with Gasteiger partial charge in [-0.15, -0.1) is 0 Å². The van der Waals surface area contributed by atoms with Crippen LogP contribution in [0.1, 0.15) is 11.1 Å². The molecule has 8 heteroatoms. The van der Waals surface area contributed by atoms with Crippen molar-refractivity contribution >= 4 is 33.9 Å². The number of carbonyl (C=O) groups is 2. The van der Waals surface area contributed by atoms with E-state index in [1.165, 1.54) is 12.1 Å². The van der Waals surface area contributed by atoms with Gasteiger partial charge in [0.1, 0.15) is 29.8 Å². The number of carbonyl (C=O) groups excluding carboxylic acids is 2. The van der Waals surface area contributed by atoms with Gasteiger partial charge in [0, 0.05) is 15.6 Å². The number of urea groups is 1. The van der Waals surface area contributed by atoms with E-state index >= 15 is 0 Å². The molecule has 2 aromatic carbocycles. The van der Waals surface area contributed by atoms with Gasteiger partial charge in [-0.2, -0.15) is 5.26 Å². The standard InChI is InChI=1S/C18H13BrFN3O3/c19-14-5-6-16(26-10-11-3-1-2-4-15(11)20)12(8-14)7-13(9-21)17(24)23-18(22)25/h1-8H,10H2,(H3,22,23,24,25)/b13-7-. The molecule has 0 spiro atoms. The van der Waals surface area contributed by atoms with E-state index < -0.39 is 17.8 Å². The highest BCUT2D eigenvalue weighted by atomic mass is 79.9. The fraction of sp³-hybridized carbons (Fsp3) is 0.0556. The van der Waals surface area contributed by atoms with E-state index in [-0.39, 0.29) is 12.2 Å². The fourth-order valence-corrected chi connectivity index (χ4v) is 2.40. The van der Waals surface area contributed by atoms with Crippen molar-refractivity contribution < 1.29 is 18.7 Å². The lowest BCUT2D eigenvalue weighted by Gasteiger charge is -2.11. The summed E-state index contributed by atoms with van der Waals surface area (Å²) in [6.45, 7) is -0.0372. The molecule has 0 bridgehead atoms. The maximum Gasteiger partial charge on any atom is 0.319 e. The van der Waals surface area contributed by atoms with E-state index in [9.17, 15) is 14.0 Å². The first kappa shape index (κ1) is 19.1. The maximum atomic E-state index is 13.7. The van der Waals surface area contributed by atoms with Crippen molar-refractivity contribution in [2.24, 2.45) is 5.73 Å². The van der Waals surface area contributed by atoms with Gasteiger partial charge in [0.25, 0.3) is 5.91 Å². The smallest absolute Gasteiger partial charge is 0.319 e. The largest absolute Gasteiger partial charge is 0.488 e. The molecule has 0 saturated heterocycles. The fourth-order valence-electron chi connectivity index (χ4n) is 2.02. The highest BCUT2D eigenvalue weighted by Gasteiger charge is 2.13. The molecule has 26 heavy (non-hydrogen) atoms. The molecule has 2 aromatic rings. The maximum absolute atomic E-state index is 13.7. The van der Waals surface area contributed by atoms with Crippen LogP contribution in [0.2, 0.25) is 0 Å². The van der Waals surface area contributed by atoms with E-state index in [2.05, 4.69) is 15.9 Å². The topological polar surface area (TPSA) is 105 Å². The molecule has 132 valence electrons. The number of benzene rings is 2. The van der Waals surface area contributed by atoms with Crippen molar-refractivity contribution in [3.8, 4) is 11.8 Å². The molecule has 0 radical (unpaired) electrons. The summed E-state index contributed by atoms with van der Waals surface area (Å²) in [6, 6.07) is 11.7. The summed E-state index contributed by atoms with van der Waals surface area (Å²) in [4.78, 5) is 22.6. The lowest BCUT2D eigenvalue weighted by Crippen LogP contribution is -2.35. The van der Waals surface area contributed by atoms with Gasteiger partial charge >= 0.3 is 6.03 Å². The first-order valence-electron chi connectivity index (χ1n) is 7.29. The quantitative estimate of drug-likeness (QED) is 0.574. The van der Waals surface area contributed by atoms with Gasteiger partial charge < -0.3 is 10.5 Å². The van der Waals surface area contributed by atoms with Gasteiger partial charge in [0.05, 0.1) is 0 Å². The van der Waals surface area contributed by atoms with Gasteiger partial charge in [0.15, 0.2) is 0 Å². The first-order chi connectivity index (χ1) is 12.4. The molecular formula is C18H13BrFN3O3. The van der Waals surface area contributed by atoms with Gasteiger partial charge in [-0.05, 0) is 30.3 Å². The molecule has 3 amide bonds. The molecular weight excluding hydrogens is 405 g/mol. The third-order valence-electron chi connectivity index (χ3n) is 3.21. The van der Waals surface area contributed by atoms with Gasteiger partial charge in [-0.3, -0.25) is 10.1 Å². The Bertz CT molecular complexity index is 922. The van der Waals surface area contributed by atoms with Crippen LogP contribution in [0.4, 0.5) is 9.18 Å². The van der Waals surface area contributed by atoms with Crippen LogP contribution in [0, 0.1) is 17.1 Å².